The smallest absolute Gasteiger partial charge is 0.254 e. The Morgan fingerprint density at radius 2 is 1.83 bits per heavy atom. The lowest BCUT2D eigenvalue weighted by Crippen LogP contribution is -2.39. The molecule has 2 saturated carbocycles. The molecule has 0 aromatic heterocycles. The molecule has 5 heteroatoms. The second-order valence-electron chi connectivity index (χ2n) is 8.62. The predicted octanol–water partition coefficient (Wildman–Crippen LogP) is 4.53. The van der Waals surface area contributed by atoms with Gasteiger partial charge in [0, 0.05) is 34.8 Å². The van der Waals surface area contributed by atoms with Gasteiger partial charge in [-0.3, -0.25) is 9.59 Å². The van der Waals surface area contributed by atoms with Gasteiger partial charge < -0.3 is 10.2 Å². The Morgan fingerprint density at radius 1 is 1.14 bits per heavy atom. The summed E-state index contributed by atoms with van der Waals surface area (Å²) in [5.74, 6) is 1.93. The maximum absolute atomic E-state index is 12.8. The number of nitrogens with one attached hydrogen (secondary N) is 1. The van der Waals surface area contributed by atoms with Crippen molar-refractivity contribution in [2.24, 2.45) is 17.8 Å². The first kappa shape index (κ1) is 18.7. The molecule has 29 heavy (non-hydrogen) atoms. The quantitative estimate of drug-likeness (QED) is 0.790. The highest BCUT2D eigenvalue weighted by molar-refractivity contribution is 6.30. The van der Waals surface area contributed by atoms with Crippen molar-refractivity contribution >= 4 is 23.4 Å². The normalized spacial score (nSPS) is 28.1. The second-order valence-corrected chi connectivity index (χ2v) is 9.05. The van der Waals surface area contributed by atoms with E-state index in [1.54, 1.807) is 24.3 Å². The summed E-state index contributed by atoms with van der Waals surface area (Å²) >= 11 is 5.92. The molecule has 1 heterocycles. The van der Waals surface area contributed by atoms with E-state index < -0.39 is 0 Å². The Kier molecular flexibility index (Phi) is 4.62. The molecule has 0 spiro atoms. The predicted molar refractivity (Wildman–Crippen MR) is 113 cm³/mol. The Balaban J connectivity index is 1.20. The lowest BCUT2D eigenvalue weighted by Gasteiger charge is -2.28. The van der Waals surface area contributed by atoms with E-state index in [4.69, 9.17) is 11.6 Å². The summed E-state index contributed by atoms with van der Waals surface area (Å²) in [6.07, 6.45) is 3.04. The summed E-state index contributed by atoms with van der Waals surface area (Å²) in [6, 6.07) is 15.5. The zero-order chi connectivity index (χ0) is 20.1. The van der Waals surface area contributed by atoms with E-state index in [0.29, 0.717) is 34.4 Å². The average molecular weight is 409 g/mol. The molecule has 4 nitrogen and oxygen atoms in total. The van der Waals surface area contributed by atoms with Gasteiger partial charge in [-0.05, 0) is 72.9 Å². The van der Waals surface area contributed by atoms with Gasteiger partial charge in [0.25, 0.3) is 11.8 Å². The zero-order valence-electron chi connectivity index (χ0n) is 16.5. The molecule has 0 saturated heterocycles. The Hall–Kier alpha value is -2.33. The summed E-state index contributed by atoms with van der Waals surface area (Å²) in [4.78, 5) is 27.4. The Labute approximate surface area is 176 Å². The molecule has 150 valence electrons. The summed E-state index contributed by atoms with van der Waals surface area (Å²) < 4.78 is 0. The van der Waals surface area contributed by atoms with Gasteiger partial charge in [0.15, 0.2) is 0 Å². The number of carbonyl (C=O) groups excluding carboxylic acids is 2. The fourth-order valence-electron chi connectivity index (χ4n) is 5.61. The molecule has 5 rings (SSSR count). The molecule has 3 aliphatic rings. The van der Waals surface area contributed by atoms with Gasteiger partial charge in [0.1, 0.15) is 0 Å². The Morgan fingerprint density at radius 3 is 2.48 bits per heavy atom. The Bertz CT molecular complexity index is 946. The number of amides is 2. The number of hydrogen-bond acceptors (Lipinski definition) is 2. The van der Waals surface area contributed by atoms with Gasteiger partial charge in [-0.25, -0.2) is 0 Å². The maximum Gasteiger partial charge on any atom is 0.254 e. The molecule has 1 N–H and O–H groups in total. The maximum atomic E-state index is 12.8. The number of hydrogen-bond donors (Lipinski definition) is 1. The van der Waals surface area contributed by atoms with Gasteiger partial charge in [0.05, 0.1) is 0 Å². The van der Waals surface area contributed by atoms with Crippen LogP contribution in [-0.4, -0.2) is 28.8 Å². The third-order valence-corrected chi connectivity index (χ3v) is 7.36. The van der Waals surface area contributed by atoms with Crippen LogP contribution in [0.25, 0.3) is 0 Å². The number of carbonyl (C=O) groups is 2. The van der Waals surface area contributed by atoms with E-state index in [1.807, 2.05) is 18.2 Å². The summed E-state index contributed by atoms with van der Waals surface area (Å²) in [6.45, 7) is 2.88. The van der Waals surface area contributed by atoms with Crippen LogP contribution >= 0.6 is 11.6 Å². The largest absolute Gasteiger partial charge is 0.349 e. The molecule has 1 aliphatic heterocycles. The first-order valence-corrected chi connectivity index (χ1v) is 10.9. The minimum Gasteiger partial charge on any atom is -0.349 e. The number of benzene rings is 2. The minimum atomic E-state index is -0.0276. The van der Waals surface area contributed by atoms with E-state index in [9.17, 15) is 9.59 Å². The van der Waals surface area contributed by atoms with Crippen molar-refractivity contribution < 1.29 is 9.59 Å². The fourth-order valence-corrected chi connectivity index (χ4v) is 5.74. The molecule has 0 bridgehead atoms. The molecule has 2 aromatic rings. The van der Waals surface area contributed by atoms with Crippen molar-refractivity contribution in [1.82, 2.24) is 10.2 Å². The standard InChI is InChI=1S/C24H25ClN2O2/c1-2-21(26-23(28)14-7-9-16(25)10-8-14)22-19-11-17(12-20(19)22)27-13-15-5-3-4-6-18(15)24(27)29/h3-10,17,19-22H,2,11-13H2,1H3,(H,26,28)/t17?,19-,20+,21?,22?. The molecule has 3 unspecified atom stereocenters. The van der Waals surface area contributed by atoms with Crippen LogP contribution in [0, 0.1) is 17.8 Å². The lowest BCUT2D eigenvalue weighted by atomic mass is 9.98. The van der Waals surface area contributed by atoms with Crippen LogP contribution in [0.4, 0.5) is 0 Å². The summed E-state index contributed by atoms with van der Waals surface area (Å²) in [5, 5.41) is 3.87. The SMILES string of the molecule is CCC(NC(=O)c1ccc(Cl)cc1)C1[C@H]2CC(N3Cc4ccccc4C3=O)C[C@@H]12. The van der Waals surface area contributed by atoms with Crippen molar-refractivity contribution in [1.29, 1.82) is 0 Å². The van der Waals surface area contributed by atoms with Crippen LogP contribution in [0.1, 0.15) is 52.5 Å². The third-order valence-electron chi connectivity index (χ3n) is 7.10. The van der Waals surface area contributed by atoms with E-state index in [1.165, 1.54) is 0 Å². The topological polar surface area (TPSA) is 49.4 Å². The highest BCUT2D eigenvalue weighted by atomic mass is 35.5. The van der Waals surface area contributed by atoms with Crippen molar-refractivity contribution in [2.45, 2.75) is 44.8 Å². The van der Waals surface area contributed by atoms with Crippen LogP contribution in [0.2, 0.25) is 5.02 Å². The van der Waals surface area contributed by atoms with Crippen molar-refractivity contribution in [3.63, 3.8) is 0 Å². The van der Waals surface area contributed by atoms with E-state index in [2.05, 4.69) is 23.2 Å². The summed E-state index contributed by atoms with van der Waals surface area (Å²) in [7, 11) is 0. The van der Waals surface area contributed by atoms with Gasteiger partial charge in [-0.2, -0.15) is 0 Å². The highest BCUT2D eigenvalue weighted by Gasteiger charge is 2.60. The van der Waals surface area contributed by atoms with Crippen LogP contribution in [0.15, 0.2) is 48.5 Å². The van der Waals surface area contributed by atoms with Crippen LogP contribution in [-0.2, 0) is 6.54 Å². The van der Waals surface area contributed by atoms with Gasteiger partial charge in [0.2, 0.25) is 0 Å². The van der Waals surface area contributed by atoms with Crippen LogP contribution in [0.3, 0.4) is 0 Å². The molecule has 2 aliphatic carbocycles. The zero-order valence-corrected chi connectivity index (χ0v) is 17.2. The molecular weight excluding hydrogens is 384 g/mol. The number of rotatable bonds is 5. The first-order valence-electron chi connectivity index (χ1n) is 10.5. The summed E-state index contributed by atoms with van der Waals surface area (Å²) in [5.41, 5.74) is 2.67. The van der Waals surface area contributed by atoms with E-state index >= 15 is 0 Å². The van der Waals surface area contributed by atoms with Crippen molar-refractivity contribution in [3.8, 4) is 0 Å². The molecule has 2 fully saturated rings. The van der Waals surface area contributed by atoms with Crippen LogP contribution < -0.4 is 5.32 Å². The van der Waals surface area contributed by atoms with Crippen molar-refractivity contribution in [3.05, 3.63) is 70.2 Å². The van der Waals surface area contributed by atoms with Crippen molar-refractivity contribution in [2.75, 3.05) is 0 Å². The first-order chi connectivity index (χ1) is 14.1. The molecule has 0 radical (unpaired) electrons. The fraction of sp³-hybridized carbons (Fsp3) is 0.417. The molecule has 2 amide bonds. The van der Waals surface area contributed by atoms with E-state index in [0.717, 1.165) is 36.9 Å². The molecule has 5 atom stereocenters. The second kappa shape index (κ2) is 7.17. The highest BCUT2D eigenvalue weighted by Crippen LogP contribution is 2.60. The number of halogens is 1. The number of fused-ring (bicyclic) bond motifs is 2. The molecule has 2 aromatic carbocycles. The average Bonchev–Trinajstić information content (AvgIpc) is 3.07. The minimum absolute atomic E-state index is 0.0276. The van der Waals surface area contributed by atoms with Gasteiger partial charge >= 0.3 is 0 Å². The van der Waals surface area contributed by atoms with Gasteiger partial charge in [-0.1, -0.05) is 36.7 Å². The monoisotopic (exact) mass is 408 g/mol. The lowest BCUT2D eigenvalue weighted by molar-refractivity contribution is 0.0688. The van der Waals surface area contributed by atoms with E-state index in [-0.39, 0.29) is 17.9 Å². The van der Waals surface area contributed by atoms with Crippen LogP contribution in [0.5, 0.6) is 0 Å². The third kappa shape index (κ3) is 3.24. The number of nitrogens with zero attached hydrogens (tertiary/aromatic N) is 1. The molecular formula is C24H25ClN2O2. The van der Waals surface area contributed by atoms with Gasteiger partial charge in [-0.15, -0.1) is 0 Å².